The van der Waals surface area contributed by atoms with Crippen molar-refractivity contribution in [2.45, 2.75) is 11.8 Å². The number of likely N-dealkylation sites (N-methyl/N-ethyl adjacent to an activating group) is 2. The summed E-state index contributed by atoms with van der Waals surface area (Å²) < 4.78 is 26.8. The van der Waals surface area contributed by atoms with Gasteiger partial charge in [-0.05, 0) is 25.1 Å². The largest absolute Gasteiger partial charge is 0.369 e. The van der Waals surface area contributed by atoms with Gasteiger partial charge in [-0.15, -0.1) is 0 Å². The predicted octanol–water partition coefficient (Wildman–Crippen LogP) is 1.91. The van der Waals surface area contributed by atoms with Crippen LogP contribution in [0.15, 0.2) is 27.6 Å². The Balaban J connectivity index is 2.68. The Morgan fingerprint density at radius 1 is 1.35 bits per heavy atom. The summed E-state index contributed by atoms with van der Waals surface area (Å²) in [6.07, 6.45) is 0. The maximum atomic E-state index is 12.3. The van der Waals surface area contributed by atoms with Gasteiger partial charge in [0.15, 0.2) is 0 Å². The Bertz CT molecular complexity index is 530. The molecule has 0 spiro atoms. The van der Waals surface area contributed by atoms with E-state index < -0.39 is 10.0 Å². The lowest BCUT2D eigenvalue weighted by atomic mass is 10.3. The van der Waals surface area contributed by atoms with Crippen LogP contribution in [-0.2, 0) is 10.0 Å². The van der Waals surface area contributed by atoms with Crippen LogP contribution in [0, 0.1) is 0 Å². The first kappa shape index (κ1) is 12.9. The molecule has 1 heterocycles. The van der Waals surface area contributed by atoms with E-state index in [1.54, 1.807) is 13.1 Å². The molecule has 0 atom stereocenters. The minimum Gasteiger partial charge on any atom is -0.369 e. The highest BCUT2D eigenvalue weighted by molar-refractivity contribution is 9.10. The molecule has 4 nitrogen and oxygen atoms in total. The zero-order valence-corrected chi connectivity index (χ0v) is 12.3. The molecular formula is C11H15BrN2O2S. The van der Waals surface area contributed by atoms with E-state index in [4.69, 9.17) is 0 Å². The van der Waals surface area contributed by atoms with E-state index in [9.17, 15) is 8.42 Å². The van der Waals surface area contributed by atoms with Gasteiger partial charge in [-0.1, -0.05) is 15.9 Å². The normalized spacial score (nSPS) is 19.8. The number of benzene rings is 1. The van der Waals surface area contributed by atoms with Crippen molar-refractivity contribution < 1.29 is 8.42 Å². The third-order valence-electron chi connectivity index (χ3n) is 3.02. The fourth-order valence-electron chi connectivity index (χ4n) is 1.95. The lowest BCUT2D eigenvalue weighted by Gasteiger charge is -2.21. The molecule has 0 fully saturated rings. The average molecular weight is 319 g/mol. The fraction of sp³-hybridized carbons (Fsp3) is 0.455. The first-order chi connectivity index (χ1) is 7.96. The van der Waals surface area contributed by atoms with E-state index in [-0.39, 0.29) is 0 Å². The van der Waals surface area contributed by atoms with Crippen molar-refractivity contribution in [3.63, 3.8) is 0 Å². The molecule has 6 heteroatoms. The second-order valence-corrected chi connectivity index (χ2v) is 6.95. The third-order valence-corrected chi connectivity index (χ3v) is 5.40. The number of hydrogen-bond acceptors (Lipinski definition) is 3. The summed E-state index contributed by atoms with van der Waals surface area (Å²) >= 11 is 3.33. The highest BCUT2D eigenvalue weighted by atomic mass is 79.9. The van der Waals surface area contributed by atoms with Crippen LogP contribution in [0.4, 0.5) is 5.69 Å². The number of fused-ring (bicyclic) bond motifs is 1. The molecule has 0 bridgehead atoms. The predicted molar refractivity (Wildman–Crippen MR) is 71.8 cm³/mol. The molecule has 0 aromatic heterocycles. The lowest BCUT2D eigenvalue weighted by Crippen LogP contribution is -2.31. The van der Waals surface area contributed by atoms with E-state index in [0.29, 0.717) is 11.4 Å². The van der Waals surface area contributed by atoms with Gasteiger partial charge < -0.3 is 4.90 Å². The average Bonchev–Trinajstić information content (AvgIpc) is 2.38. The fourth-order valence-corrected chi connectivity index (χ4v) is 3.86. The SMILES string of the molecule is CCN1CCN(C)S(=O)(=O)c2cc(Br)ccc21. The number of nitrogens with zero attached hydrogens (tertiary/aromatic N) is 2. The summed E-state index contributed by atoms with van der Waals surface area (Å²) in [5, 5.41) is 0. The van der Waals surface area contributed by atoms with Gasteiger partial charge >= 0.3 is 0 Å². The van der Waals surface area contributed by atoms with Crippen LogP contribution in [0.25, 0.3) is 0 Å². The zero-order chi connectivity index (χ0) is 12.6. The second kappa shape index (κ2) is 4.59. The Hall–Kier alpha value is -0.590. The Morgan fingerprint density at radius 3 is 2.71 bits per heavy atom. The van der Waals surface area contributed by atoms with Crippen LogP contribution in [0.1, 0.15) is 6.92 Å². The van der Waals surface area contributed by atoms with Gasteiger partial charge in [0.1, 0.15) is 4.90 Å². The van der Waals surface area contributed by atoms with Gasteiger partial charge in [0.2, 0.25) is 10.0 Å². The van der Waals surface area contributed by atoms with Crippen molar-refractivity contribution in [2.24, 2.45) is 0 Å². The number of rotatable bonds is 1. The van der Waals surface area contributed by atoms with Crippen LogP contribution in [0.2, 0.25) is 0 Å². The summed E-state index contributed by atoms with van der Waals surface area (Å²) in [4.78, 5) is 2.47. The highest BCUT2D eigenvalue weighted by Gasteiger charge is 2.29. The van der Waals surface area contributed by atoms with Crippen LogP contribution in [0.3, 0.4) is 0 Å². The number of anilines is 1. The Kier molecular flexibility index (Phi) is 3.47. The first-order valence-corrected chi connectivity index (χ1v) is 7.71. The van der Waals surface area contributed by atoms with Crippen LogP contribution in [0.5, 0.6) is 0 Å². The minimum absolute atomic E-state index is 0.383. The van der Waals surface area contributed by atoms with Gasteiger partial charge in [0.25, 0.3) is 0 Å². The molecule has 0 radical (unpaired) electrons. The Morgan fingerprint density at radius 2 is 2.06 bits per heavy atom. The summed E-state index contributed by atoms with van der Waals surface area (Å²) in [5.74, 6) is 0. The van der Waals surface area contributed by atoms with Crippen LogP contribution >= 0.6 is 15.9 Å². The van der Waals surface area contributed by atoms with Crippen molar-refractivity contribution in [3.8, 4) is 0 Å². The number of halogens is 1. The minimum atomic E-state index is -3.36. The second-order valence-electron chi connectivity index (χ2n) is 4.02. The van der Waals surface area contributed by atoms with Crippen molar-refractivity contribution in [1.82, 2.24) is 4.31 Å². The smallest absolute Gasteiger partial charge is 0.244 e. The molecule has 0 saturated carbocycles. The third kappa shape index (κ3) is 2.21. The molecule has 17 heavy (non-hydrogen) atoms. The van der Waals surface area contributed by atoms with Gasteiger partial charge in [-0.3, -0.25) is 0 Å². The topological polar surface area (TPSA) is 40.6 Å². The van der Waals surface area contributed by atoms with Crippen molar-refractivity contribution in [1.29, 1.82) is 0 Å². The van der Waals surface area contributed by atoms with Gasteiger partial charge in [-0.2, -0.15) is 4.31 Å². The molecule has 0 N–H and O–H groups in total. The molecule has 1 aliphatic heterocycles. The van der Waals surface area contributed by atoms with Crippen LogP contribution in [-0.4, -0.2) is 39.4 Å². The number of sulfonamides is 1. The first-order valence-electron chi connectivity index (χ1n) is 5.47. The zero-order valence-electron chi connectivity index (χ0n) is 9.85. The summed E-state index contributed by atoms with van der Waals surface area (Å²) in [5.41, 5.74) is 0.792. The molecular weight excluding hydrogens is 304 g/mol. The van der Waals surface area contributed by atoms with E-state index in [1.807, 2.05) is 19.1 Å². The molecule has 2 rings (SSSR count). The highest BCUT2D eigenvalue weighted by Crippen LogP contribution is 2.32. The molecule has 0 aliphatic carbocycles. The molecule has 0 saturated heterocycles. The van der Waals surface area contributed by atoms with Crippen molar-refractivity contribution >= 4 is 31.6 Å². The van der Waals surface area contributed by atoms with Gasteiger partial charge in [0, 0.05) is 31.2 Å². The molecule has 1 aliphatic rings. The lowest BCUT2D eigenvalue weighted by molar-refractivity contribution is 0.479. The van der Waals surface area contributed by atoms with Crippen LogP contribution < -0.4 is 4.90 Å². The standard InChI is InChI=1S/C11H15BrN2O2S/c1-3-14-7-6-13(2)17(15,16)11-8-9(12)4-5-10(11)14/h4-5,8H,3,6-7H2,1-2H3. The monoisotopic (exact) mass is 318 g/mol. The Labute approximate surface area is 110 Å². The maximum absolute atomic E-state index is 12.3. The molecule has 0 amide bonds. The summed E-state index contributed by atoms with van der Waals surface area (Å²) in [7, 11) is -1.74. The molecule has 0 unspecified atom stereocenters. The molecule has 1 aromatic carbocycles. The molecule has 1 aromatic rings. The van der Waals surface area contributed by atoms with E-state index >= 15 is 0 Å². The van der Waals surface area contributed by atoms with Gasteiger partial charge in [0.05, 0.1) is 5.69 Å². The van der Waals surface area contributed by atoms with Gasteiger partial charge in [-0.25, -0.2) is 8.42 Å². The number of hydrogen-bond donors (Lipinski definition) is 0. The summed E-state index contributed by atoms with van der Waals surface area (Å²) in [6.45, 7) is 4.07. The maximum Gasteiger partial charge on any atom is 0.244 e. The van der Waals surface area contributed by atoms with E-state index in [0.717, 1.165) is 23.2 Å². The quantitative estimate of drug-likeness (QED) is 0.794. The van der Waals surface area contributed by atoms with Crippen molar-refractivity contribution in [3.05, 3.63) is 22.7 Å². The van der Waals surface area contributed by atoms with Crippen molar-refractivity contribution in [2.75, 3.05) is 31.6 Å². The van der Waals surface area contributed by atoms with E-state index in [1.165, 1.54) is 4.31 Å². The molecule has 94 valence electrons. The summed E-state index contributed by atoms with van der Waals surface area (Å²) in [6, 6.07) is 5.41. The van der Waals surface area contributed by atoms with E-state index in [2.05, 4.69) is 20.8 Å².